The van der Waals surface area contributed by atoms with Crippen LogP contribution in [0.1, 0.15) is 109 Å². The topological polar surface area (TPSA) is 46.5 Å². The van der Waals surface area contributed by atoms with Gasteiger partial charge in [0, 0.05) is 5.57 Å². The molecule has 0 aliphatic carbocycles. The van der Waals surface area contributed by atoms with Crippen LogP contribution < -0.4 is 4.74 Å². The van der Waals surface area contributed by atoms with Gasteiger partial charge in [0.1, 0.15) is 11.5 Å². The molecule has 2 rings (SSSR count). The quantitative estimate of drug-likeness (QED) is 0.181. The number of aliphatic carboxylic acids is 1. The number of unbranched alkanes of at least 4 members (excludes halogenated alkanes) is 10. The number of carboxylic acid groups (broad SMARTS) is 1. The predicted octanol–water partition coefficient (Wildman–Crippen LogP) is 9.93. The van der Waals surface area contributed by atoms with Crippen molar-refractivity contribution in [2.75, 3.05) is 0 Å². The fourth-order valence-electron chi connectivity index (χ4n) is 3.80. The largest absolute Gasteiger partial charge is 0.478 e. The van der Waals surface area contributed by atoms with Crippen LogP contribution in [-0.2, 0) is 17.6 Å². The van der Waals surface area contributed by atoms with Gasteiger partial charge >= 0.3 is 5.97 Å². The molecule has 0 fully saturated rings. The Labute approximate surface area is 214 Å². The molecule has 0 saturated heterocycles. The number of rotatable bonds is 17. The molecule has 0 amide bonds. The Balaban J connectivity index is 0.000000905. The number of aryl methyl sites for hydroxylation is 2. The first-order chi connectivity index (χ1) is 17.0. The number of carbonyl (C=O) groups is 1. The molecule has 0 aliphatic heterocycles. The van der Waals surface area contributed by atoms with Crippen molar-refractivity contribution in [1.82, 2.24) is 0 Å². The van der Waals surface area contributed by atoms with E-state index in [4.69, 9.17) is 9.84 Å². The van der Waals surface area contributed by atoms with Gasteiger partial charge in [0.15, 0.2) is 0 Å². The van der Waals surface area contributed by atoms with Crippen molar-refractivity contribution in [3.8, 4) is 11.5 Å². The summed E-state index contributed by atoms with van der Waals surface area (Å²) in [7, 11) is 0. The summed E-state index contributed by atoms with van der Waals surface area (Å²) in [5.41, 5.74) is 3.01. The number of ether oxygens (including phenoxy) is 1. The van der Waals surface area contributed by atoms with Crippen LogP contribution in [0.2, 0.25) is 0 Å². The third-order valence-corrected chi connectivity index (χ3v) is 6.09. The van der Waals surface area contributed by atoms with Crippen LogP contribution >= 0.6 is 0 Å². The van der Waals surface area contributed by atoms with E-state index in [1.807, 2.05) is 0 Å². The normalized spacial score (nSPS) is 10.4. The highest BCUT2D eigenvalue weighted by Gasteiger charge is 2.00. The molecule has 1 N–H and O–H groups in total. The Morgan fingerprint density at radius 1 is 0.657 bits per heavy atom. The molecule has 0 aliphatic rings. The van der Waals surface area contributed by atoms with Gasteiger partial charge in [0.2, 0.25) is 0 Å². The van der Waals surface area contributed by atoms with Crippen molar-refractivity contribution >= 4 is 5.97 Å². The minimum atomic E-state index is -0.935. The monoisotopic (exact) mass is 480 g/mol. The minimum Gasteiger partial charge on any atom is -0.478 e. The molecule has 35 heavy (non-hydrogen) atoms. The molecule has 0 aromatic heterocycles. The molecular formula is C32H48O3. The highest BCUT2D eigenvalue weighted by atomic mass is 16.5. The molecule has 0 spiro atoms. The van der Waals surface area contributed by atoms with Crippen LogP contribution in [0, 0.1) is 0 Å². The second-order valence-corrected chi connectivity index (χ2v) is 9.51. The van der Waals surface area contributed by atoms with Gasteiger partial charge in [-0.1, -0.05) is 109 Å². The van der Waals surface area contributed by atoms with E-state index in [2.05, 4.69) is 69.0 Å². The summed E-state index contributed by atoms with van der Waals surface area (Å²) in [5.74, 6) is 0.927. The van der Waals surface area contributed by atoms with E-state index in [0.717, 1.165) is 11.5 Å². The highest BCUT2D eigenvalue weighted by Crippen LogP contribution is 2.23. The second kappa shape index (κ2) is 19.7. The van der Waals surface area contributed by atoms with Crippen LogP contribution in [0.5, 0.6) is 11.5 Å². The highest BCUT2D eigenvalue weighted by molar-refractivity contribution is 5.84. The maximum Gasteiger partial charge on any atom is 0.330 e. The van der Waals surface area contributed by atoms with Crippen LogP contribution in [0.3, 0.4) is 0 Å². The molecule has 3 heteroatoms. The average molecular weight is 481 g/mol. The Hall–Kier alpha value is -2.55. The van der Waals surface area contributed by atoms with E-state index in [1.54, 1.807) is 0 Å². The third-order valence-electron chi connectivity index (χ3n) is 6.09. The Morgan fingerprint density at radius 2 is 0.971 bits per heavy atom. The number of benzene rings is 2. The zero-order chi connectivity index (χ0) is 25.7. The van der Waals surface area contributed by atoms with Gasteiger partial charge in [0.05, 0.1) is 0 Å². The molecule has 0 radical (unpaired) electrons. The Kier molecular flexibility index (Phi) is 17.2. The molecule has 0 unspecified atom stereocenters. The zero-order valence-electron chi connectivity index (χ0n) is 22.5. The van der Waals surface area contributed by atoms with Gasteiger partial charge in [-0.25, -0.2) is 4.79 Å². The smallest absolute Gasteiger partial charge is 0.330 e. The molecule has 3 nitrogen and oxygen atoms in total. The fourth-order valence-corrected chi connectivity index (χ4v) is 3.80. The third kappa shape index (κ3) is 15.9. The summed E-state index contributed by atoms with van der Waals surface area (Å²) < 4.78 is 6.03. The van der Waals surface area contributed by atoms with Gasteiger partial charge in [-0.05, 0) is 68.0 Å². The molecule has 0 atom stereocenters. The van der Waals surface area contributed by atoms with E-state index < -0.39 is 5.97 Å². The van der Waals surface area contributed by atoms with E-state index in [9.17, 15) is 4.79 Å². The van der Waals surface area contributed by atoms with Gasteiger partial charge in [-0.2, -0.15) is 0 Å². The molecule has 194 valence electrons. The molecule has 0 saturated carbocycles. The minimum absolute atomic E-state index is 0.176. The first-order valence-electron chi connectivity index (χ1n) is 13.7. The number of carboxylic acids is 1. The lowest BCUT2D eigenvalue weighted by Crippen LogP contribution is -1.92. The number of hydrogen-bond donors (Lipinski definition) is 1. The zero-order valence-corrected chi connectivity index (χ0v) is 22.5. The first kappa shape index (κ1) is 30.5. The molecule has 2 aromatic carbocycles. The maximum atomic E-state index is 9.60. The fraction of sp³-hybridized carbons (Fsp3) is 0.531. The molecule has 2 aromatic rings. The Morgan fingerprint density at radius 3 is 1.29 bits per heavy atom. The summed E-state index contributed by atoms with van der Waals surface area (Å²) in [6.07, 6.45) is 18.6. The summed E-state index contributed by atoms with van der Waals surface area (Å²) in [5, 5.41) is 7.89. The van der Waals surface area contributed by atoms with Crippen molar-refractivity contribution in [3.63, 3.8) is 0 Å². The van der Waals surface area contributed by atoms with Crippen LogP contribution in [0.25, 0.3) is 0 Å². The van der Waals surface area contributed by atoms with Gasteiger partial charge in [0.25, 0.3) is 0 Å². The van der Waals surface area contributed by atoms with Crippen molar-refractivity contribution in [2.45, 2.75) is 111 Å². The van der Waals surface area contributed by atoms with Gasteiger partial charge < -0.3 is 9.84 Å². The predicted molar refractivity (Wildman–Crippen MR) is 150 cm³/mol. The first-order valence-corrected chi connectivity index (χ1v) is 13.7. The van der Waals surface area contributed by atoms with Crippen LogP contribution in [-0.4, -0.2) is 11.1 Å². The van der Waals surface area contributed by atoms with Crippen molar-refractivity contribution in [2.24, 2.45) is 0 Å². The van der Waals surface area contributed by atoms with E-state index in [0.29, 0.717) is 0 Å². The standard InChI is InChI=1S/C28H42O.C4H6O2/c1-3-5-7-9-11-13-15-25-17-21-27(22-18-25)29-28-23-19-26(20-24-28)16-14-12-10-8-6-4-2;1-3(2)4(5)6/h17-24H,3-16H2,1-2H3;1H2,2H3,(H,5,6). The summed E-state index contributed by atoms with van der Waals surface area (Å²) in [4.78, 5) is 9.60. The SMILES string of the molecule is C=C(C)C(=O)O.CCCCCCCCc1ccc(Oc2ccc(CCCCCCCC)cc2)cc1. The molecule has 0 bridgehead atoms. The lowest BCUT2D eigenvalue weighted by Gasteiger charge is -2.08. The van der Waals surface area contributed by atoms with Crippen LogP contribution in [0.15, 0.2) is 60.7 Å². The second-order valence-electron chi connectivity index (χ2n) is 9.51. The van der Waals surface area contributed by atoms with Crippen molar-refractivity contribution in [3.05, 3.63) is 71.8 Å². The summed E-state index contributed by atoms with van der Waals surface area (Å²) in [6.45, 7) is 9.15. The molecular weight excluding hydrogens is 432 g/mol. The summed E-state index contributed by atoms with van der Waals surface area (Å²) in [6, 6.07) is 17.3. The Bertz CT molecular complexity index is 736. The van der Waals surface area contributed by atoms with E-state index in [1.165, 1.54) is 108 Å². The van der Waals surface area contributed by atoms with Gasteiger partial charge in [-0.3, -0.25) is 0 Å². The average Bonchev–Trinajstić information content (AvgIpc) is 2.86. The molecule has 0 heterocycles. The van der Waals surface area contributed by atoms with E-state index in [-0.39, 0.29) is 5.57 Å². The van der Waals surface area contributed by atoms with Crippen molar-refractivity contribution < 1.29 is 14.6 Å². The van der Waals surface area contributed by atoms with Crippen molar-refractivity contribution in [1.29, 1.82) is 0 Å². The van der Waals surface area contributed by atoms with Crippen LogP contribution in [0.4, 0.5) is 0 Å². The van der Waals surface area contributed by atoms with Gasteiger partial charge in [-0.15, -0.1) is 0 Å². The maximum absolute atomic E-state index is 9.60. The lowest BCUT2D eigenvalue weighted by atomic mass is 10.0. The lowest BCUT2D eigenvalue weighted by molar-refractivity contribution is -0.132. The van der Waals surface area contributed by atoms with E-state index >= 15 is 0 Å². The summed E-state index contributed by atoms with van der Waals surface area (Å²) >= 11 is 0. The number of hydrogen-bond acceptors (Lipinski definition) is 2.